The van der Waals surface area contributed by atoms with E-state index in [4.69, 9.17) is 4.74 Å². The number of ether oxygens (including phenoxy) is 1. The maximum absolute atomic E-state index is 10.9. The standard InChI is InChI=1S/C9H14O2/c10-7-4-5-9(6-7)11-8-2-1-3-8/h8-9H,1-6H2. The molecule has 2 aliphatic carbocycles. The van der Waals surface area contributed by atoms with Crippen molar-refractivity contribution in [2.24, 2.45) is 0 Å². The number of carbonyl (C=O) groups excluding carboxylic acids is 1. The highest BCUT2D eigenvalue weighted by molar-refractivity contribution is 5.81. The molecule has 2 rings (SSSR count). The van der Waals surface area contributed by atoms with E-state index in [2.05, 4.69) is 0 Å². The van der Waals surface area contributed by atoms with Gasteiger partial charge in [-0.2, -0.15) is 0 Å². The topological polar surface area (TPSA) is 26.3 Å². The van der Waals surface area contributed by atoms with Crippen molar-refractivity contribution >= 4 is 5.78 Å². The van der Waals surface area contributed by atoms with Crippen LogP contribution in [0.4, 0.5) is 0 Å². The van der Waals surface area contributed by atoms with Crippen LogP contribution in [-0.4, -0.2) is 18.0 Å². The van der Waals surface area contributed by atoms with E-state index in [0.29, 0.717) is 18.3 Å². The van der Waals surface area contributed by atoms with Crippen LogP contribution < -0.4 is 0 Å². The molecule has 0 bridgehead atoms. The summed E-state index contributed by atoms with van der Waals surface area (Å²) >= 11 is 0. The summed E-state index contributed by atoms with van der Waals surface area (Å²) in [6.45, 7) is 0. The van der Waals surface area contributed by atoms with Gasteiger partial charge in [-0.3, -0.25) is 4.79 Å². The molecule has 1 unspecified atom stereocenters. The van der Waals surface area contributed by atoms with Crippen LogP contribution in [0.25, 0.3) is 0 Å². The number of carbonyl (C=O) groups is 1. The number of hydrogen-bond donors (Lipinski definition) is 0. The largest absolute Gasteiger partial charge is 0.375 e. The van der Waals surface area contributed by atoms with E-state index in [-0.39, 0.29) is 6.10 Å². The van der Waals surface area contributed by atoms with Crippen LogP contribution in [0, 0.1) is 0 Å². The Hall–Kier alpha value is -0.370. The van der Waals surface area contributed by atoms with Gasteiger partial charge in [-0.25, -0.2) is 0 Å². The summed E-state index contributed by atoms with van der Waals surface area (Å²) in [4.78, 5) is 10.9. The molecule has 2 heteroatoms. The summed E-state index contributed by atoms with van der Waals surface area (Å²) in [7, 11) is 0. The molecule has 0 aromatic heterocycles. The minimum atomic E-state index is 0.271. The van der Waals surface area contributed by atoms with Crippen molar-refractivity contribution in [1.29, 1.82) is 0 Å². The minimum Gasteiger partial charge on any atom is -0.375 e. The highest BCUT2D eigenvalue weighted by Gasteiger charge is 2.27. The van der Waals surface area contributed by atoms with E-state index in [1.807, 2.05) is 0 Å². The zero-order chi connectivity index (χ0) is 7.68. The summed E-state index contributed by atoms with van der Waals surface area (Å²) in [5, 5.41) is 0. The van der Waals surface area contributed by atoms with Crippen molar-refractivity contribution in [2.45, 2.75) is 50.7 Å². The third kappa shape index (κ3) is 1.62. The first-order valence-corrected chi connectivity index (χ1v) is 4.52. The SMILES string of the molecule is O=C1CCC(OC2CCC2)C1. The first kappa shape index (κ1) is 7.29. The second-order valence-electron chi connectivity index (χ2n) is 3.59. The number of Topliss-reactive ketones (excluding diaryl/α,β-unsaturated/α-hetero) is 1. The fraction of sp³-hybridized carbons (Fsp3) is 0.889. The van der Waals surface area contributed by atoms with Crippen LogP contribution in [0.1, 0.15) is 38.5 Å². The molecular weight excluding hydrogens is 140 g/mol. The number of hydrogen-bond acceptors (Lipinski definition) is 2. The van der Waals surface area contributed by atoms with Crippen LogP contribution in [0.5, 0.6) is 0 Å². The maximum Gasteiger partial charge on any atom is 0.135 e. The molecule has 2 nitrogen and oxygen atoms in total. The first-order chi connectivity index (χ1) is 5.34. The van der Waals surface area contributed by atoms with Crippen LogP contribution in [-0.2, 0) is 9.53 Å². The Bertz CT molecular complexity index is 161. The molecule has 0 aromatic rings. The number of rotatable bonds is 2. The smallest absolute Gasteiger partial charge is 0.135 e. The summed E-state index contributed by atoms with van der Waals surface area (Å²) < 4.78 is 5.70. The fourth-order valence-electron chi connectivity index (χ4n) is 1.68. The summed E-state index contributed by atoms with van der Waals surface area (Å²) in [6, 6.07) is 0. The van der Waals surface area contributed by atoms with Gasteiger partial charge in [-0.05, 0) is 25.7 Å². The average molecular weight is 154 g/mol. The Balaban J connectivity index is 1.73. The summed E-state index contributed by atoms with van der Waals surface area (Å²) in [5.74, 6) is 0.384. The minimum absolute atomic E-state index is 0.271. The summed E-state index contributed by atoms with van der Waals surface area (Å²) in [6.07, 6.45) is 6.89. The van der Waals surface area contributed by atoms with E-state index < -0.39 is 0 Å². The van der Waals surface area contributed by atoms with Crippen molar-refractivity contribution in [3.63, 3.8) is 0 Å². The van der Waals surface area contributed by atoms with Gasteiger partial charge < -0.3 is 4.74 Å². The van der Waals surface area contributed by atoms with E-state index >= 15 is 0 Å². The third-order valence-corrected chi connectivity index (χ3v) is 2.64. The normalized spacial score (nSPS) is 32.4. The van der Waals surface area contributed by atoms with Crippen molar-refractivity contribution in [1.82, 2.24) is 0 Å². The van der Waals surface area contributed by atoms with Crippen molar-refractivity contribution in [3.8, 4) is 0 Å². The molecule has 11 heavy (non-hydrogen) atoms. The van der Waals surface area contributed by atoms with E-state index in [9.17, 15) is 4.79 Å². The van der Waals surface area contributed by atoms with Crippen molar-refractivity contribution in [2.75, 3.05) is 0 Å². The van der Waals surface area contributed by atoms with Gasteiger partial charge in [-0.1, -0.05) is 0 Å². The van der Waals surface area contributed by atoms with E-state index in [0.717, 1.165) is 12.8 Å². The highest BCUT2D eigenvalue weighted by atomic mass is 16.5. The molecule has 0 heterocycles. The molecule has 0 amide bonds. The molecule has 1 atom stereocenters. The zero-order valence-corrected chi connectivity index (χ0v) is 6.71. The molecule has 0 spiro atoms. The molecule has 0 aliphatic heterocycles. The summed E-state index contributed by atoms with van der Waals surface area (Å²) in [5.41, 5.74) is 0. The molecule has 2 saturated carbocycles. The van der Waals surface area contributed by atoms with Crippen molar-refractivity contribution < 1.29 is 9.53 Å². The molecule has 62 valence electrons. The molecule has 2 aliphatic rings. The van der Waals surface area contributed by atoms with Gasteiger partial charge in [0.05, 0.1) is 12.2 Å². The average Bonchev–Trinajstić information content (AvgIpc) is 2.27. The van der Waals surface area contributed by atoms with Gasteiger partial charge >= 0.3 is 0 Å². The van der Waals surface area contributed by atoms with Gasteiger partial charge in [0.15, 0.2) is 0 Å². The van der Waals surface area contributed by atoms with Gasteiger partial charge in [0, 0.05) is 12.8 Å². The molecule has 0 N–H and O–H groups in total. The van der Waals surface area contributed by atoms with Crippen LogP contribution in [0.15, 0.2) is 0 Å². The monoisotopic (exact) mass is 154 g/mol. The lowest BCUT2D eigenvalue weighted by atomic mass is 9.96. The fourth-order valence-corrected chi connectivity index (χ4v) is 1.68. The molecule has 0 aromatic carbocycles. The van der Waals surface area contributed by atoms with Gasteiger partial charge in [0.1, 0.15) is 5.78 Å². The Morgan fingerprint density at radius 2 is 2.00 bits per heavy atom. The van der Waals surface area contributed by atoms with E-state index in [1.54, 1.807) is 0 Å². The quantitative estimate of drug-likeness (QED) is 0.604. The van der Waals surface area contributed by atoms with Gasteiger partial charge in [0.25, 0.3) is 0 Å². The van der Waals surface area contributed by atoms with Gasteiger partial charge in [0.2, 0.25) is 0 Å². The predicted molar refractivity (Wildman–Crippen MR) is 41.4 cm³/mol. The van der Waals surface area contributed by atoms with Crippen molar-refractivity contribution in [3.05, 3.63) is 0 Å². The maximum atomic E-state index is 10.9. The molecule has 0 saturated heterocycles. The lowest BCUT2D eigenvalue weighted by Gasteiger charge is -2.28. The third-order valence-electron chi connectivity index (χ3n) is 2.64. The predicted octanol–water partition coefficient (Wildman–Crippen LogP) is 1.68. The van der Waals surface area contributed by atoms with Crippen LogP contribution in [0.3, 0.4) is 0 Å². The van der Waals surface area contributed by atoms with Crippen LogP contribution >= 0.6 is 0 Å². The second kappa shape index (κ2) is 2.94. The Kier molecular flexibility index (Phi) is 1.95. The Labute approximate surface area is 66.9 Å². The number of ketones is 1. The first-order valence-electron chi connectivity index (χ1n) is 4.52. The van der Waals surface area contributed by atoms with Crippen LogP contribution in [0.2, 0.25) is 0 Å². The Morgan fingerprint density at radius 3 is 2.45 bits per heavy atom. The Morgan fingerprint density at radius 1 is 1.18 bits per heavy atom. The molecular formula is C9H14O2. The molecule has 2 fully saturated rings. The second-order valence-corrected chi connectivity index (χ2v) is 3.59. The lowest BCUT2D eigenvalue weighted by Crippen LogP contribution is -2.26. The van der Waals surface area contributed by atoms with Gasteiger partial charge in [-0.15, -0.1) is 0 Å². The highest BCUT2D eigenvalue weighted by Crippen LogP contribution is 2.27. The van der Waals surface area contributed by atoms with E-state index in [1.165, 1.54) is 19.3 Å². The lowest BCUT2D eigenvalue weighted by molar-refractivity contribution is -0.119. The molecule has 0 radical (unpaired) electrons. The zero-order valence-electron chi connectivity index (χ0n) is 6.71.